The molecule has 0 bridgehead atoms. The fourth-order valence-corrected chi connectivity index (χ4v) is 8.59. The molecular weight excluding hydrogens is 827 g/mol. The Hall–Kier alpha value is -6.12. The predicted octanol–water partition coefficient (Wildman–Crippen LogP) is 7.69. The zero-order valence-electron chi connectivity index (χ0n) is 53.0. The number of methoxy groups -OCH3 is 2. The first-order valence-corrected chi connectivity index (χ1v) is 21.3. The van der Waals surface area contributed by atoms with Crippen LogP contribution in [0.5, 0.6) is 0 Å². The van der Waals surface area contributed by atoms with Crippen molar-refractivity contribution in [3.05, 3.63) is 89.5 Å². The summed E-state index contributed by atoms with van der Waals surface area (Å²) in [6.45, 7) is -9.50. The van der Waals surface area contributed by atoms with Crippen molar-refractivity contribution in [1.82, 2.24) is 20.4 Å². The van der Waals surface area contributed by atoms with Crippen molar-refractivity contribution in [3.63, 3.8) is 0 Å². The van der Waals surface area contributed by atoms with Crippen molar-refractivity contribution >= 4 is 52.9 Å². The summed E-state index contributed by atoms with van der Waals surface area (Å²) in [5, 5.41) is 8.89. The number of anilines is 3. The van der Waals surface area contributed by atoms with E-state index in [9.17, 15) is 28.8 Å². The van der Waals surface area contributed by atoms with E-state index in [-0.39, 0.29) is 56.3 Å². The molecule has 15 heteroatoms. The summed E-state index contributed by atoms with van der Waals surface area (Å²) in [7, 11) is 1.67. The Balaban J connectivity index is 1.23. The van der Waals surface area contributed by atoms with Crippen LogP contribution in [0.2, 0.25) is 0 Å². The van der Waals surface area contributed by atoms with Crippen LogP contribution in [0.15, 0.2) is 72.8 Å². The molecule has 3 heterocycles. The Labute approximate surface area is 405 Å². The lowest BCUT2D eigenvalue weighted by atomic mass is 9.87. The van der Waals surface area contributed by atoms with Crippen LogP contribution >= 0.6 is 0 Å². The van der Waals surface area contributed by atoms with E-state index in [0.717, 1.165) is 46.4 Å². The standard InChI is InChI=1S/C50H67N7O8/c1-30(2)42(53-48(62)64-8)46(60)55-28-10-12-40(55)44(58)51-35-20-14-32(15-21-35)38-26-27-39(57(38)37-24-18-34(19-25-37)50(5,6)7)33-16-22-36(23-17-33)52-45(59)41-13-11-29-56(41)47(61)43(31(3)4)54-49(63)65-9/h14-25,30-31,38-43H,10-13,26-29H2,1-9H3,(H,51,58)(H,52,59)(H,53,62)(H,54,63)/t38-,39-,40+,41+,42+,43?/m1/s1/i1D3,2D3,3D3,4D3,30D,31D,42D,43D. The number of ether oxygens (including phenoxy) is 2. The molecule has 6 atom stereocenters. The lowest BCUT2D eigenvalue weighted by molar-refractivity contribution is -0.139. The van der Waals surface area contributed by atoms with E-state index in [2.05, 4.69) is 45.8 Å². The second kappa shape index (κ2) is 20.8. The number of carbonyl (C=O) groups is 6. The molecule has 3 aliphatic heterocycles. The maximum Gasteiger partial charge on any atom is 0.407 e. The van der Waals surface area contributed by atoms with Gasteiger partial charge < -0.3 is 45.4 Å². The highest BCUT2D eigenvalue weighted by atomic mass is 16.5. The lowest BCUT2D eigenvalue weighted by Crippen LogP contribution is -2.54. The largest absolute Gasteiger partial charge is 0.453 e. The third-order valence-electron chi connectivity index (χ3n) is 11.9. The van der Waals surface area contributed by atoms with Crippen LogP contribution in [0.25, 0.3) is 0 Å². The average molecular weight is 910 g/mol. The normalized spacial score (nSPS) is 26.3. The third-order valence-corrected chi connectivity index (χ3v) is 11.9. The molecule has 350 valence electrons. The van der Waals surface area contributed by atoms with E-state index in [1.165, 1.54) is 0 Å². The van der Waals surface area contributed by atoms with Crippen LogP contribution in [0, 0.1) is 11.8 Å². The zero-order chi connectivity index (χ0) is 60.9. The van der Waals surface area contributed by atoms with Crippen molar-refractivity contribution in [2.45, 2.75) is 128 Å². The van der Waals surface area contributed by atoms with Gasteiger partial charge in [0.15, 0.2) is 0 Å². The fraction of sp³-hybridized carbons (Fsp3) is 0.520. The van der Waals surface area contributed by atoms with E-state index in [0.29, 0.717) is 24.2 Å². The highest BCUT2D eigenvalue weighted by molar-refractivity contribution is 5.99. The van der Waals surface area contributed by atoms with E-state index in [4.69, 9.17) is 21.9 Å². The number of nitrogens with one attached hydrogen (secondary N) is 4. The van der Waals surface area contributed by atoms with Gasteiger partial charge in [-0.1, -0.05) is 84.6 Å². The van der Waals surface area contributed by atoms with Crippen molar-refractivity contribution in [1.29, 1.82) is 0 Å². The number of alkyl carbamates (subject to hydrolysis) is 2. The van der Waals surface area contributed by atoms with E-state index in [1.54, 1.807) is 34.9 Å². The molecule has 0 spiro atoms. The molecule has 3 aromatic carbocycles. The summed E-state index contributed by atoms with van der Waals surface area (Å²) in [5.74, 6) is -12.6. The van der Waals surface area contributed by atoms with Gasteiger partial charge >= 0.3 is 12.2 Å². The smallest absolute Gasteiger partial charge is 0.407 e. The topological polar surface area (TPSA) is 179 Å². The van der Waals surface area contributed by atoms with E-state index < -0.39 is 99.1 Å². The van der Waals surface area contributed by atoms with Gasteiger partial charge in [0.05, 0.1) is 29.0 Å². The molecule has 0 aromatic heterocycles. The highest BCUT2D eigenvalue weighted by Crippen LogP contribution is 2.47. The van der Waals surface area contributed by atoms with Crippen LogP contribution in [0.3, 0.4) is 0 Å². The van der Waals surface area contributed by atoms with Crippen molar-refractivity contribution in [2.24, 2.45) is 11.8 Å². The third kappa shape index (κ3) is 11.2. The fourth-order valence-electron chi connectivity index (χ4n) is 8.59. The molecular formula is C50H67N7O8. The first-order valence-electron chi connectivity index (χ1n) is 29.3. The summed E-state index contributed by atoms with van der Waals surface area (Å²) >= 11 is 0. The zero-order valence-corrected chi connectivity index (χ0v) is 37.0. The number of hydrogen-bond acceptors (Lipinski definition) is 9. The molecule has 0 saturated carbocycles. The van der Waals surface area contributed by atoms with Gasteiger partial charge in [0.2, 0.25) is 23.6 Å². The van der Waals surface area contributed by atoms with Crippen LogP contribution < -0.4 is 26.2 Å². The summed E-state index contributed by atoms with van der Waals surface area (Å²) in [6, 6.07) is 11.4. The average Bonchev–Trinajstić information content (AvgIpc) is 3.66. The number of benzene rings is 3. The molecule has 0 aliphatic carbocycles. The molecule has 15 nitrogen and oxygen atoms in total. The molecule has 65 heavy (non-hydrogen) atoms. The van der Waals surface area contributed by atoms with Gasteiger partial charge in [-0.3, -0.25) is 19.2 Å². The summed E-state index contributed by atoms with van der Waals surface area (Å²) in [6.07, 6.45) is -1.43. The lowest BCUT2D eigenvalue weighted by Gasteiger charge is -2.34. The summed E-state index contributed by atoms with van der Waals surface area (Å²) in [4.78, 5) is 85.1. The molecule has 6 amide bonds. The first kappa shape index (κ1) is 30.9. The van der Waals surface area contributed by atoms with Gasteiger partial charge in [-0.15, -0.1) is 0 Å². The molecule has 0 radical (unpaired) electrons. The van der Waals surface area contributed by atoms with Crippen LogP contribution in [0.1, 0.15) is 137 Å². The van der Waals surface area contributed by atoms with Gasteiger partial charge in [-0.2, -0.15) is 0 Å². The van der Waals surface area contributed by atoms with Crippen LogP contribution in [-0.2, 0) is 34.1 Å². The van der Waals surface area contributed by atoms with Crippen molar-refractivity contribution in [3.8, 4) is 0 Å². The minimum atomic E-state index is -3.92. The van der Waals surface area contributed by atoms with E-state index in [1.807, 2.05) is 48.5 Å². The second-order valence-electron chi connectivity index (χ2n) is 17.1. The molecule has 3 aliphatic rings. The molecule has 6 rings (SSSR count). The molecule has 3 fully saturated rings. The molecule has 1 unspecified atom stereocenters. The summed E-state index contributed by atoms with van der Waals surface area (Å²) in [5.41, 5.74) is 4.08. The number of carbonyl (C=O) groups excluding carboxylic acids is 6. The van der Waals surface area contributed by atoms with Gasteiger partial charge in [0.25, 0.3) is 0 Å². The Bertz CT molecular complexity index is 2640. The van der Waals surface area contributed by atoms with Gasteiger partial charge in [0.1, 0.15) is 24.1 Å². The maximum absolute atomic E-state index is 14.2. The Morgan fingerprint density at radius 1 is 0.615 bits per heavy atom. The van der Waals surface area contributed by atoms with Crippen molar-refractivity contribution < 1.29 is 60.2 Å². The Kier molecular flexibility index (Phi) is 9.89. The Morgan fingerprint density at radius 3 is 1.37 bits per heavy atom. The number of nitrogens with zero attached hydrogens (tertiary/aromatic N) is 3. The van der Waals surface area contributed by atoms with Gasteiger partial charge in [-0.25, -0.2) is 9.59 Å². The van der Waals surface area contributed by atoms with Crippen molar-refractivity contribution in [2.75, 3.05) is 42.8 Å². The minimum absolute atomic E-state index is 0.0153. The van der Waals surface area contributed by atoms with Gasteiger partial charge in [0, 0.05) is 49.3 Å². The molecule has 3 saturated heterocycles. The number of rotatable bonds is 13. The highest BCUT2D eigenvalue weighted by Gasteiger charge is 2.41. The summed E-state index contributed by atoms with van der Waals surface area (Å²) < 4.78 is 140. The first-order chi connectivity index (χ1) is 37.2. The SMILES string of the molecule is [2H]C([2H])([2H])C([2H])(C([2H])([2H])[2H])C([2H])(NC(=O)OC)C(=O)N1CCC[C@H]1C(=O)Nc1ccc([C@H]2CC[C@H](c3ccc(NC(=O)[C@@H]4CCCN4C(=O)[C@@]([2H])(NC(=O)OC)C([2H])(C([2H])([2H])[2H])C([2H])([2H])[2H])cc3)N2c2ccc(C(C)(C)C)cc2)cc1. The predicted molar refractivity (Wildman–Crippen MR) is 250 cm³/mol. The number of amides is 6. The van der Waals surface area contributed by atoms with Crippen LogP contribution in [-0.4, -0.2) is 97.0 Å². The van der Waals surface area contributed by atoms with E-state index >= 15 is 0 Å². The Morgan fingerprint density at radius 2 is 1.02 bits per heavy atom. The maximum atomic E-state index is 14.2. The monoisotopic (exact) mass is 910 g/mol. The number of likely N-dealkylation sites (tertiary alicyclic amines) is 2. The second-order valence-corrected chi connectivity index (χ2v) is 17.1. The molecule has 3 aromatic rings. The van der Waals surface area contributed by atoms with Crippen LogP contribution in [0.4, 0.5) is 26.7 Å². The molecule has 4 N–H and O–H groups in total. The number of hydrogen-bond donors (Lipinski definition) is 4. The quantitative estimate of drug-likeness (QED) is 0.134. The minimum Gasteiger partial charge on any atom is -0.453 e. The van der Waals surface area contributed by atoms with Gasteiger partial charge in [-0.05, 0) is 109 Å².